The van der Waals surface area contributed by atoms with E-state index >= 15 is 0 Å². The molecule has 0 aliphatic rings. The normalized spacial score (nSPS) is 10.3. The van der Waals surface area contributed by atoms with Crippen LogP contribution in [-0.2, 0) is 0 Å². The minimum Gasteiger partial charge on any atom is -0.497 e. The smallest absolute Gasteiger partial charge is 0.276 e. The molecule has 1 aromatic heterocycles. The molecule has 7 heteroatoms. The standard InChI is InChI=1S/C19H17ClN4O2/c1-12-6-7-13(20)10-17(12)22-18-9-8-16(23-24-18)19(25)21-14-4-3-5-15(11-14)26-2/h3-11H,1-2H3,(H,21,25)(H,22,24). The van der Waals surface area contributed by atoms with Crippen molar-refractivity contribution in [3.05, 3.63) is 70.9 Å². The van der Waals surface area contributed by atoms with Crippen LogP contribution in [0.1, 0.15) is 16.1 Å². The Morgan fingerprint density at radius 1 is 1.08 bits per heavy atom. The van der Waals surface area contributed by atoms with Crippen LogP contribution in [0.5, 0.6) is 5.75 Å². The number of aromatic nitrogens is 2. The van der Waals surface area contributed by atoms with E-state index in [2.05, 4.69) is 20.8 Å². The van der Waals surface area contributed by atoms with Crippen molar-refractivity contribution in [1.82, 2.24) is 10.2 Å². The SMILES string of the molecule is COc1cccc(NC(=O)c2ccc(Nc3cc(Cl)ccc3C)nn2)c1. The molecule has 3 rings (SSSR count). The topological polar surface area (TPSA) is 76.1 Å². The zero-order valence-corrected chi connectivity index (χ0v) is 15.0. The molecule has 0 atom stereocenters. The lowest BCUT2D eigenvalue weighted by Gasteiger charge is -2.09. The lowest BCUT2D eigenvalue weighted by atomic mass is 10.2. The number of hydrogen-bond donors (Lipinski definition) is 2. The van der Waals surface area contributed by atoms with Gasteiger partial charge in [0.25, 0.3) is 5.91 Å². The van der Waals surface area contributed by atoms with E-state index < -0.39 is 0 Å². The van der Waals surface area contributed by atoms with Crippen LogP contribution in [-0.4, -0.2) is 23.2 Å². The zero-order valence-electron chi connectivity index (χ0n) is 14.3. The number of nitrogens with zero attached hydrogens (tertiary/aromatic N) is 2. The Kier molecular flexibility index (Phi) is 5.34. The molecule has 1 amide bonds. The number of rotatable bonds is 5. The Morgan fingerprint density at radius 2 is 1.92 bits per heavy atom. The average Bonchev–Trinajstić information content (AvgIpc) is 2.65. The van der Waals surface area contributed by atoms with E-state index in [9.17, 15) is 4.79 Å². The van der Waals surface area contributed by atoms with Gasteiger partial charge < -0.3 is 15.4 Å². The Labute approximate surface area is 156 Å². The third kappa shape index (κ3) is 4.29. The van der Waals surface area contributed by atoms with Gasteiger partial charge in [-0.2, -0.15) is 0 Å². The summed E-state index contributed by atoms with van der Waals surface area (Å²) in [5.74, 6) is 0.829. The number of carbonyl (C=O) groups is 1. The summed E-state index contributed by atoms with van der Waals surface area (Å²) in [5, 5.41) is 14.6. The summed E-state index contributed by atoms with van der Waals surface area (Å²) in [6.07, 6.45) is 0. The fourth-order valence-electron chi connectivity index (χ4n) is 2.28. The van der Waals surface area contributed by atoms with Crippen molar-refractivity contribution in [2.45, 2.75) is 6.92 Å². The monoisotopic (exact) mass is 368 g/mol. The van der Waals surface area contributed by atoms with Crippen LogP contribution in [0, 0.1) is 6.92 Å². The van der Waals surface area contributed by atoms with Crippen molar-refractivity contribution in [3.8, 4) is 5.75 Å². The molecular weight excluding hydrogens is 352 g/mol. The minimum atomic E-state index is -0.351. The van der Waals surface area contributed by atoms with Crippen molar-refractivity contribution >= 4 is 34.7 Å². The number of halogens is 1. The number of methoxy groups -OCH3 is 1. The second-order valence-electron chi connectivity index (χ2n) is 5.57. The van der Waals surface area contributed by atoms with Gasteiger partial charge in [0.05, 0.1) is 7.11 Å². The minimum absolute atomic E-state index is 0.209. The fraction of sp³-hybridized carbons (Fsp3) is 0.105. The molecule has 6 nitrogen and oxygen atoms in total. The van der Waals surface area contributed by atoms with Gasteiger partial charge in [-0.25, -0.2) is 0 Å². The lowest BCUT2D eigenvalue weighted by molar-refractivity contribution is 0.102. The molecule has 0 saturated carbocycles. The molecule has 2 N–H and O–H groups in total. The maximum absolute atomic E-state index is 12.3. The molecule has 2 aromatic carbocycles. The quantitative estimate of drug-likeness (QED) is 0.696. The van der Waals surface area contributed by atoms with Crippen LogP contribution in [0.2, 0.25) is 5.02 Å². The van der Waals surface area contributed by atoms with E-state index in [1.165, 1.54) is 0 Å². The third-order valence-corrected chi connectivity index (χ3v) is 3.92. The highest BCUT2D eigenvalue weighted by Gasteiger charge is 2.10. The van der Waals surface area contributed by atoms with Crippen LogP contribution >= 0.6 is 11.6 Å². The number of benzene rings is 2. The van der Waals surface area contributed by atoms with Crippen molar-refractivity contribution in [2.75, 3.05) is 17.7 Å². The van der Waals surface area contributed by atoms with Crippen molar-refractivity contribution < 1.29 is 9.53 Å². The molecule has 0 aliphatic heterocycles. The van der Waals surface area contributed by atoms with E-state index in [4.69, 9.17) is 16.3 Å². The van der Waals surface area contributed by atoms with Crippen LogP contribution in [0.25, 0.3) is 0 Å². The summed E-state index contributed by atoms with van der Waals surface area (Å²) in [4.78, 5) is 12.3. The van der Waals surface area contributed by atoms with Crippen molar-refractivity contribution in [3.63, 3.8) is 0 Å². The van der Waals surface area contributed by atoms with E-state index in [1.54, 1.807) is 43.5 Å². The number of amides is 1. The van der Waals surface area contributed by atoms with Gasteiger partial charge in [0, 0.05) is 22.5 Å². The van der Waals surface area contributed by atoms with Gasteiger partial charge >= 0.3 is 0 Å². The van der Waals surface area contributed by atoms with Crippen LogP contribution in [0.3, 0.4) is 0 Å². The highest BCUT2D eigenvalue weighted by Crippen LogP contribution is 2.23. The second kappa shape index (κ2) is 7.84. The predicted molar refractivity (Wildman–Crippen MR) is 102 cm³/mol. The first kappa shape index (κ1) is 17.7. The Bertz CT molecular complexity index is 929. The molecular formula is C19H17ClN4O2. The molecule has 0 saturated heterocycles. The first-order chi connectivity index (χ1) is 12.5. The van der Waals surface area contributed by atoms with Gasteiger partial charge in [0.1, 0.15) is 5.75 Å². The summed E-state index contributed by atoms with van der Waals surface area (Å²) in [5.41, 5.74) is 2.69. The van der Waals surface area contributed by atoms with Crippen molar-refractivity contribution in [2.24, 2.45) is 0 Å². The molecule has 0 fully saturated rings. The Balaban J connectivity index is 1.70. The molecule has 132 valence electrons. The first-order valence-electron chi connectivity index (χ1n) is 7.87. The lowest BCUT2D eigenvalue weighted by Crippen LogP contribution is -2.14. The number of anilines is 3. The van der Waals surface area contributed by atoms with Gasteiger partial charge in [-0.3, -0.25) is 4.79 Å². The Hall–Kier alpha value is -3.12. The van der Waals surface area contributed by atoms with Crippen LogP contribution in [0.4, 0.5) is 17.2 Å². The summed E-state index contributed by atoms with van der Waals surface area (Å²) in [6.45, 7) is 1.96. The molecule has 0 spiro atoms. The molecule has 3 aromatic rings. The van der Waals surface area contributed by atoms with Gasteiger partial charge in [0.2, 0.25) is 0 Å². The number of carbonyl (C=O) groups excluding carboxylic acids is 1. The highest BCUT2D eigenvalue weighted by molar-refractivity contribution is 6.30. The van der Waals surface area contributed by atoms with Gasteiger partial charge in [-0.1, -0.05) is 23.7 Å². The molecule has 0 bridgehead atoms. The maximum Gasteiger partial charge on any atom is 0.276 e. The van der Waals surface area contributed by atoms with Crippen molar-refractivity contribution in [1.29, 1.82) is 0 Å². The number of nitrogens with one attached hydrogen (secondary N) is 2. The zero-order chi connectivity index (χ0) is 18.5. The third-order valence-electron chi connectivity index (χ3n) is 3.69. The van der Waals surface area contributed by atoms with E-state index in [0.717, 1.165) is 11.3 Å². The molecule has 26 heavy (non-hydrogen) atoms. The van der Waals surface area contributed by atoms with Crippen LogP contribution < -0.4 is 15.4 Å². The summed E-state index contributed by atoms with van der Waals surface area (Å²) >= 11 is 6.01. The van der Waals surface area contributed by atoms with E-state index in [1.807, 2.05) is 25.1 Å². The van der Waals surface area contributed by atoms with E-state index in [0.29, 0.717) is 22.3 Å². The summed E-state index contributed by atoms with van der Waals surface area (Å²) in [7, 11) is 1.57. The summed E-state index contributed by atoms with van der Waals surface area (Å²) in [6, 6.07) is 15.9. The Morgan fingerprint density at radius 3 is 2.65 bits per heavy atom. The van der Waals surface area contributed by atoms with Crippen LogP contribution in [0.15, 0.2) is 54.6 Å². The average molecular weight is 369 g/mol. The summed E-state index contributed by atoms with van der Waals surface area (Å²) < 4.78 is 5.14. The fourth-order valence-corrected chi connectivity index (χ4v) is 2.45. The first-order valence-corrected chi connectivity index (χ1v) is 8.25. The molecule has 0 aliphatic carbocycles. The van der Waals surface area contributed by atoms with E-state index in [-0.39, 0.29) is 11.6 Å². The predicted octanol–water partition coefficient (Wildman–Crippen LogP) is 4.44. The molecule has 1 heterocycles. The van der Waals surface area contributed by atoms with Gasteiger partial charge in [0.15, 0.2) is 11.5 Å². The van der Waals surface area contributed by atoms with Gasteiger partial charge in [-0.15, -0.1) is 10.2 Å². The highest BCUT2D eigenvalue weighted by atomic mass is 35.5. The number of hydrogen-bond acceptors (Lipinski definition) is 5. The molecule has 0 radical (unpaired) electrons. The second-order valence-corrected chi connectivity index (χ2v) is 6.01. The number of aryl methyl sites for hydroxylation is 1. The molecule has 0 unspecified atom stereocenters. The maximum atomic E-state index is 12.3. The van der Waals surface area contributed by atoms with Gasteiger partial charge in [-0.05, 0) is 48.9 Å². The number of ether oxygens (including phenoxy) is 1. The largest absolute Gasteiger partial charge is 0.497 e.